The molecule has 2 rings (SSSR count). The van der Waals surface area contributed by atoms with Crippen molar-refractivity contribution in [3.8, 4) is 5.75 Å². The van der Waals surface area contributed by atoms with Gasteiger partial charge in [-0.1, -0.05) is 12.1 Å². The summed E-state index contributed by atoms with van der Waals surface area (Å²) in [4.78, 5) is 11.9. The third kappa shape index (κ3) is 4.53. The predicted molar refractivity (Wildman–Crippen MR) is 75.8 cm³/mol. The largest absolute Gasteiger partial charge is 0.479 e. The summed E-state index contributed by atoms with van der Waals surface area (Å²) in [5.41, 5.74) is 1.10. The van der Waals surface area contributed by atoms with Crippen LogP contribution in [-0.2, 0) is 14.3 Å². The highest BCUT2D eigenvalue weighted by molar-refractivity contribution is 5.74. The van der Waals surface area contributed by atoms with E-state index in [1.165, 1.54) is 0 Å². The van der Waals surface area contributed by atoms with Crippen LogP contribution < -0.4 is 4.74 Å². The Morgan fingerprint density at radius 2 is 2.30 bits per heavy atom. The van der Waals surface area contributed by atoms with E-state index >= 15 is 0 Å². The maximum atomic E-state index is 11.9. The minimum atomic E-state index is -0.611. The molecule has 0 aromatic heterocycles. The third-order valence-electron chi connectivity index (χ3n) is 3.32. The smallest absolute Gasteiger partial charge is 0.347 e. The van der Waals surface area contributed by atoms with Gasteiger partial charge >= 0.3 is 5.97 Å². The number of hydrogen-bond acceptors (Lipinski definition) is 4. The molecule has 0 N–H and O–H groups in total. The van der Waals surface area contributed by atoms with Crippen molar-refractivity contribution in [1.82, 2.24) is 0 Å². The Morgan fingerprint density at radius 1 is 1.45 bits per heavy atom. The number of benzene rings is 1. The van der Waals surface area contributed by atoms with Gasteiger partial charge in [0.05, 0.1) is 6.10 Å². The lowest BCUT2D eigenvalue weighted by Crippen LogP contribution is -2.31. The van der Waals surface area contributed by atoms with Crippen LogP contribution in [-0.4, -0.2) is 31.4 Å². The molecule has 0 radical (unpaired) electrons. The Bertz CT molecular complexity index is 438. The summed E-state index contributed by atoms with van der Waals surface area (Å²) in [5.74, 6) is 0.337. The minimum Gasteiger partial charge on any atom is -0.479 e. The van der Waals surface area contributed by atoms with E-state index in [9.17, 15) is 4.79 Å². The Morgan fingerprint density at radius 3 is 3.00 bits per heavy atom. The highest BCUT2D eigenvalue weighted by Gasteiger charge is 2.20. The Labute approximate surface area is 120 Å². The molecular weight excluding hydrogens is 256 g/mol. The average molecular weight is 278 g/mol. The molecule has 1 heterocycles. The lowest BCUT2D eigenvalue weighted by atomic mass is 10.1. The SMILES string of the molecule is Cc1cccc(OC(C)C(=O)OCC2CCCCO2)c1. The Hall–Kier alpha value is -1.55. The van der Waals surface area contributed by atoms with Gasteiger partial charge in [-0.2, -0.15) is 0 Å². The van der Waals surface area contributed by atoms with Crippen LogP contribution in [0, 0.1) is 6.92 Å². The molecule has 1 aromatic rings. The van der Waals surface area contributed by atoms with Crippen LogP contribution in [0.25, 0.3) is 0 Å². The molecule has 1 aromatic carbocycles. The molecule has 0 spiro atoms. The van der Waals surface area contributed by atoms with Crippen LogP contribution in [0.3, 0.4) is 0 Å². The molecule has 0 bridgehead atoms. The van der Waals surface area contributed by atoms with Gasteiger partial charge in [0.25, 0.3) is 0 Å². The van der Waals surface area contributed by atoms with Crippen molar-refractivity contribution in [1.29, 1.82) is 0 Å². The van der Waals surface area contributed by atoms with Gasteiger partial charge in [-0.3, -0.25) is 0 Å². The molecule has 4 heteroatoms. The van der Waals surface area contributed by atoms with Crippen molar-refractivity contribution in [2.45, 2.75) is 45.3 Å². The number of hydrogen-bond donors (Lipinski definition) is 0. The summed E-state index contributed by atoms with van der Waals surface area (Å²) in [7, 11) is 0. The molecule has 0 saturated carbocycles. The first-order valence-corrected chi connectivity index (χ1v) is 7.17. The highest BCUT2D eigenvalue weighted by atomic mass is 16.6. The summed E-state index contributed by atoms with van der Waals surface area (Å²) in [6, 6.07) is 7.61. The van der Waals surface area contributed by atoms with E-state index in [1.807, 2.05) is 31.2 Å². The third-order valence-corrected chi connectivity index (χ3v) is 3.32. The average Bonchev–Trinajstić information content (AvgIpc) is 2.46. The van der Waals surface area contributed by atoms with Gasteiger partial charge in [-0.25, -0.2) is 4.79 Å². The zero-order valence-corrected chi connectivity index (χ0v) is 12.1. The summed E-state index contributed by atoms with van der Waals surface area (Å²) < 4.78 is 16.4. The Kier molecular flexibility index (Phi) is 5.41. The van der Waals surface area contributed by atoms with Crippen molar-refractivity contribution in [3.63, 3.8) is 0 Å². The zero-order valence-electron chi connectivity index (χ0n) is 12.1. The quantitative estimate of drug-likeness (QED) is 0.777. The first-order valence-electron chi connectivity index (χ1n) is 7.17. The Balaban J connectivity index is 1.76. The van der Waals surface area contributed by atoms with Crippen LogP contribution in [0.5, 0.6) is 5.75 Å². The summed E-state index contributed by atoms with van der Waals surface area (Å²) in [6.07, 6.45) is 2.62. The van der Waals surface area contributed by atoms with Crippen LogP contribution in [0.15, 0.2) is 24.3 Å². The lowest BCUT2D eigenvalue weighted by Gasteiger charge is -2.23. The van der Waals surface area contributed by atoms with Crippen molar-refractivity contribution in [2.24, 2.45) is 0 Å². The van der Waals surface area contributed by atoms with Crippen molar-refractivity contribution in [2.75, 3.05) is 13.2 Å². The van der Waals surface area contributed by atoms with E-state index in [2.05, 4.69) is 0 Å². The summed E-state index contributed by atoms with van der Waals surface area (Å²) >= 11 is 0. The number of ether oxygens (including phenoxy) is 3. The van der Waals surface area contributed by atoms with Crippen molar-refractivity contribution >= 4 is 5.97 Å². The summed E-state index contributed by atoms with van der Waals surface area (Å²) in [5, 5.41) is 0. The molecule has 2 unspecified atom stereocenters. The second-order valence-corrected chi connectivity index (χ2v) is 5.20. The van der Waals surface area contributed by atoms with Gasteiger partial charge in [-0.15, -0.1) is 0 Å². The molecule has 110 valence electrons. The van der Waals surface area contributed by atoms with Gasteiger partial charge in [-0.05, 0) is 50.8 Å². The molecule has 1 aliphatic rings. The van der Waals surface area contributed by atoms with Gasteiger partial charge in [0.1, 0.15) is 12.4 Å². The van der Waals surface area contributed by atoms with Gasteiger partial charge in [0, 0.05) is 6.61 Å². The van der Waals surface area contributed by atoms with Gasteiger partial charge < -0.3 is 14.2 Å². The van der Waals surface area contributed by atoms with Crippen LogP contribution >= 0.6 is 0 Å². The fraction of sp³-hybridized carbons (Fsp3) is 0.562. The number of rotatable bonds is 5. The molecule has 1 saturated heterocycles. The molecule has 4 nitrogen and oxygen atoms in total. The van der Waals surface area contributed by atoms with E-state index in [0.717, 1.165) is 31.4 Å². The minimum absolute atomic E-state index is 0.0406. The maximum Gasteiger partial charge on any atom is 0.347 e. The molecule has 1 fully saturated rings. The number of aryl methyl sites for hydroxylation is 1. The molecule has 0 aliphatic carbocycles. The molecule has 2 atom stereocenters. The standard InChI is InChI=1S/C16H22O4/c1-12-6-5-8-14(10-12)20-13(2)16(17)19-11-15-7-3-4-9-18-15/h5-6,8,10,13,15H,3-4,7,9,11H2,1-2H3. The number of esters is 1. The second-order valence-electron chi connectivity index (χ2n) is 5.20. The van der Waals surface area contributed by atoms with Crippen LogP contribution in [0.4, 0.5) is 0 Å². The second kappa shape index (κ2) is 7.29. The first-order chi connectivity index (χ1) is 9.65. The summed E-state index contributed by atoms with van der Waals surface area (Å²) in [6.45, 7) is 4.76. The van der Waals surface area contributed by atoms with E-state index < -0.39 is 6.10 Å². The lowest BCUT2D eigenvalue weighted by molar-refractivity contribution is -0.156. The predicted octanol–water partition coefficient (Wildman–Crippen LogP) is 2.87. The van der Waals surface area contributed by atoms with E-state index in [4.69, 9.17) is 14.2 Å². The van der Waals surface area contributed by atoms with E-state index in [-0.39, 0.29) is 12.1 Å². The monoisotopic (exact) mass is 278 g/mol. The van der Waals surface area contributed by atoms with Gasteiger partial charge in [0.15, 0.2) is 6.10 Å². The fourth-order valence-electron chi connectivity index (χ4n) is 2.17. The van der Waals surface area contributed by atoms with Crippen LogP contribution in [0.1, 0.15) is 31.7 Å². The zero-order chi connectivity index (χ0) is 14.4. The van der Waals surface area contributed by atoms with Gasteiger partial charge in [0.2, 0.25) is 0 Å². The molecular formula is C16H22O4. The topological polar surface area (TPSA) is 44.8 Å². The van der Waals surface area contributed by atoms with Crippen molar-refractivity contribution in [3.05, 3.63) is 29.8 Å². The van der Waals surface area contributed by atoms with Crippen molar-refractivity contribution < 1.29 is 19.0 Å². The van der Waals surface area contributed by atoms with E-state index in [0.29, 0.717) is 12.4 Å². The first kappa shape index (κ1) is 14.9. The highest BCUT2D eigenvalue weighted by Crippen LogP contribution is 2.16. The number of carbonyl (C=O) groups excluding carboxylic acids is 1. The molecule has 20 heavy (non-hydrogen) atoms. The van der Waals surface area contributed by atoms with Crippen LogP contribution in [0.2, 0.25) is 0 Å². The fourth-order valence-corrected chi connectivity index (χ4v) is 2.17. The molecule has 0 amide bonds. The maximum absolute atomic E-state index is 11.9. The normalized spacial score (nSPS) is 20.2. The van der Waals surface area contributed by atoms with E-state index in [1.54, 1.807) is 6.92 Å². The number of carbonyl (C=O) groups is 1. The molecule has 1 aliphatic heterocycles.